The maximum atomic E-state index is 13.9. The lowest BCUT2D eigenvalue weighted by atomic mass is 9.92. The Balaban J connectivity index is 1.79. The Morgan fingerprint density at radius 1 is 1.07 bits per heavy atom. The number of aryl methyl sites for hydroxylation is 1. The molecule has 29 heavy (non-hydrogen) atoms. The first-order valence-electron chi connectivity index (χ1n) is 9.50. The van der Waals surface area contributed by atoms with Gasteiger partial charge >= 0.3 is 5.97 Å². The van der Waals surface area contributed by atoms with Gasteiger partial charge in [-0.3, -0.25) is 14.4 Å². The fourth-order valence-electron chi connectivity index (χ4n) is 3.73. The van der Waals surface area contributed by atoms with Crippen LogP contribution in [0.5, 0.6) is 0 Å². The molecule has 0 radical (unpaired) electrons. The lowest BCUT2D eigenvalue weighted by Crippen LogP contribution is -2.47. The summed E-state index contributed by atoms with van der Waals surface area (Å²) in [6.07, 6.45) is 2.85. The Labute approximate surface area is 168 Å². The van der Waals surface area contributed by atoms with Crippen LogP contribution in [0.2, 0.25) is 0 Å². The van der Waals surface area contributed by atoms with E-state index < -0.39 is 29.1 Å². The highest BCUT2D eigenvalue weighted by Crippen LogP contribution is 2.33. The zero-order chi connectivity index (χ0) is 21.0. The third-order valence-corrected chi connectivity index (χ3v) is 5.30. The van der Waals surface area contributed by atoms with Crippen molar-refractivity contribution < 1.29 is 23.9 Å². The first kappa shape index (κ1) is 20.5. The van der Waals surface area contributed by atoms with Crippen molar-refractivity contribution in [3.63, 3.8) is 0 Å². The van der Waals surface area contributed by atoms with Crippen molar-refractivity contribution >= 4 is 23.5 Å². The van der Waals surface area contributed by atoms with E-state index >= 15 is 0 Å². The summed E-state index contributed by atoms with van der Waals surface area (Å²) in [6.45, 7) is 1.77. The standard InChI is InChI=1S/C22H23FN2O4/c1-14-8-9-15(20(28)25-22(13-19(26)27)10-4-5-11-22)12-18(14)24-21(29)16-6-2-3-7-17(16)23/h2-3,6-9,12H,4-5,10-11,13H2,1H3,(H,24,29)(H,25,28)(H,26,27). The summed E-state index contributed by atoms with van der Waals surface area (Å²) in [6, 6.07) is 10.5. The van der Waals surface area contributed by atoms with Crippen LogP contribution in [-0.2, 0) is 4.79 Å². The lowest BCUT2D eigenvalue weighted by molar-refractivity contribution is -0.138. The number of carboxylic acids is 1. The molecule has 0 aliphatic heterocycles. The molecule has 2 amide bonds. The van der Waals surface area contributed by atoms with E-state index in [0.717, 1.165) is 12.8 Å². The highest BCUT2D eigenvalue weighted by molar-refractivity contribution is 6.05. The molecule has 0 spiro atoms. The summed E-state index contributed by atoms with van der Waals surface area (Å²) < 4.78 is 13.9. The number of carbonyl (C=O) groups excluding carboxylic acids is 2. The molecule has 152 valence electrons. The van der Waals surface area contributed by atoms with Crippen molar-refractivity contribution in [3.8, 4) is 0 Å². The number of hydrogen-bond acceptors (Lipinski definition) is 3. The zero-order valence-electron chi connectivity index (χ0n) is 16.1. The van der Waals surface area contributed by atoms with Crippen LogP contribution in [0.15, 0.2) is 42.5 Å². The molecule has 6 nitrogen and oxygen atoms in total. The summed E-state index contributed by atoms with van der Waals surface area (Å²) in [5, 5.41) is 14.7. The minimum Gasteiger partial charge on any atom is -0.481 e. The number of benzene rings is 2. The van der Waals surface area contributed by atoms with E-state index in [2.05, 4.69) is 10.6 Å². The van der Waals surface area contributed by atoms with Gasteiger partial charge < -0.3 is 15.7 Å². The molecule has 2 aromatic carbocycles. The van der Waals surface area contributed by atoms with Crippen LogP contribution < -0.4 is 10.6 Å². The molecular formula is C22H23FN2O4. The Morgan fingerprint density at radius 3 is 2.41 bits per heavy atom. The number of amides is 2. The van der Waals surface area contributed by atoms with E-state index in [-0.39, 0.29) is 12.0 Å². The van der Waals surface area contributed by atoms with Gasteiger partial charge in [-0.05, 0) is 49.6 Å². The Hall–Kier alpha value is -3.22. The van der Waals surface area contributed by atoms with Crippen LogP contribution in [0.3, 0.4) is 0 Å². The fourth-order valence-corrected chi connectivity index (χ4v) is 3.73. The van der Waals surface area contributed by atoms with Crippen molar-refractivity contribution in [2.24, 2.45) is 0 Å². The van der Waals surface area contributed by atoms with Crippen molar-refractivity contribution in [2.75, 3.05) is 5.32 Å². The molecule has 0 unspecified atom stereocenters. The van der Waals surface area contributed by atoms with Gasteiger partial charge in [-0.15, -0.1) is 0 Å². The monoisotopic (exact) mass is 398 g/mol. The number of aliphatic carboxylic acids is 1. The van der Waals surface area contributed by atoms with Gasteiger partial charge in [0.05, 0.1) is 17.5 Å². The molecule has 7 heteroatoms. The summed E-state index contributed by atoms with van der Waals surface area (Å²) in [5.41, 5.74) is 0.575. The van der Waals surface area contributed by atoms with Crippen LogP contribution >= 0.6 is 0 Å². The first-order valence-corrected chi connectivity index (χ1v) is 9.50. The molecule has 0 bridgehead atoms. The maximum absolute atomic E-state index is 13.9. The summed E-state index contributed by atoms with van der Waals surface area (Å²) >= 11 is 0. The van der Waals surface area contributed by atoms with E-state index in [0.29, 0.717) is 29.7 Å². The van der Waals surface area contributed by atoms with Gasteiger partial charge in [-0.1, -0.05) is 31.0 Å². The predicted octanol–water partition coefficient (Wildman–Crippen LogP) is 3.90. The highest BCUT2D eigenvalue weighted by Gasteiger charge is 2.37. The van der Waals surface area contributed by atoms with Gasteiger partial charge in [0.1, 0.15) is 5.82 Å². The fraction of sp³-hybridized carbons (Fsp3) is 0.318. The number of anilines is 1. The van der Waals surface area contributed by atoms with E-state index in [1.54, 1.807) is 25.1 Å². The van der Waals surface area contributed by atoms with Gasteiger partial charge in [0.15, 0.2) is 0 Å². The molecule has 1 aliphatic rings. The Kier molecular flexibility index (Phi) is 5.96. The summed E-state index contributed by atoms with van der Waals surface area (Å²) in [5.74, 6) is -2.58. The van der Waals surface area contributed by atoms with Crippen molar-refractivity contribution in [2.45, 2.75) is 44.6 Å². The second kappa shape index (κ2) is 8.43. The normalized spacial score (nSPS) is 15.0. The maximum Gasteiger partial charge on any atom is 0.305 e. The second-order valence-corrected chi connectivity index (χ2v) is 7.48. The predicted molar refractivity (Wildman–Crippen MR) is 106 cm³/mol. The molecular weight excluding hydrogens is 375 g/mol. The van der Waals surface area contributed by atoms with Gasteiger partial charge in [-0.25, -0.2) is 4.39 Å². The van der Waals surface area contributed by atoms with Crippen molar-refractivity contribution in [1.82, 2.24) is 5.32 Å². The third kappa shape index (κ3) is 4.80. The van der Waals surface area contributed by atoms with Crippen LogP contribution in [0.4, 0.5) is 10.1 Å². The molecule has 3 N–H and O–H groups in total. The third-order valence-electron chi connectivity index (χ3n) is 5.30. The second-order valence-electron chi connectivity index (χ2n) is 7.48. The summed E-state index contributed by atoms with van der Waals surface area (Å²) in [7, 11) is 0. The van der Waals surface area contributed by atoms with Crippen LogP contribution in [0.25, 0.3) is 0 Å². The topological polar surface area (TPSA) is 95.5 Å². The Morgan fingerprint density at radius 2 is 1.76 bits per heavy atom. The van der Waals surface area contributed by atoms with Gasteiger partial charge in [0, 0.05) is 11.3 Å². The quantitative estimate of drug-likeness (QED) is 0.688. The average molecular weight is 398 g/mol. The smallest absolute Gasteiger partial charge is 0.305 e. The molecule has 0 atom stereocenters. The lowest BCUT2D eigenvalue weighted by Gasteiger charge is -2.28. The Bertz CT molecular complexity index is 952. The number of carbonyl (C=O) groups is 3. The molecule has 2 aromatic rings. The SMILES string of the molecule is Cc1ccc(C(=O)NC2(CC(=O)O)CCCC2)cc1NC(=O)c1ccccc1F. The first-order chi connectivity index (χ1) is 13.8. The largest absolute Gasteiger partial charge is 0.481 e. The minimum absolute atomic E-state index is 0.0897. The van der Waals surface area contributed by atoms with Crippen LogP contribution in [0.1, 0.15) is 58.4 Å². The molecule has 3 rings (SSSR count). The zero-order valence-corrected chi connectivity index (χ0v) is 16.1. The van der Waals surface area contributed by atoms with Crippen molar-refractivity contribution in [3.05, 3.63) is 65.0 Å². The number of halogens is 1. The van der Waals surface area contributed by atoms with Gasteiger partial charge in [0.2, 0.25) is 0 Å². The van der Waals surface area contributed by atoms with Gasteiger partial charge in [0.25, 0.3) is 11.8 Å². The number of rotatable bonds is 6. The number of nitrogens with one attached hydrogen (secondary N) is 2. The number of hydrogen-bond donors (Lipinski definition) is 3. The van der Waals surface area contributed by atoms with Crippen LogP contribution in [-0.4, -0.2) is 28.4 Å². The molecule has 1 saturated carbocycles. The number of carboxylic acid groups (broad SMARTS) is 1. The molecule has 0 aromatic heterocycles. The van der Waals surface area contributed by atoms with Gasteiger partial charge in [-0.2, -0.15) is 0 Å². The van der Waals surface area contributed by atoms with E-state index in [1.807, 2.05) is 0 Å². The van der Waals surface area contributed by atoms with E-state index in [4.69, 9.17) is 0 Å². The van der Waals surface area contributed by atoms with Crippen LogP contribution in [0, 0.1) is 12.7 Å². The minimum atomic E-state index is -0.950. The molecule has 1 fully saturated rings. The molecule has 0 heterocycles. The van der Waals surface area contributed by atoms with E-state index in [9.17, 15) is 23.9 Å². The average Bonchev–Trinajstić information content (AvgIpc) is 3.10. The molecule has 1 aliphatic carbocycles. The van der Waals surface area contributed by atoms with E-state index in [1.165, 1.54) is 24.3 Å². The van der Waals surface area contributed by atoms with Crippen molar-refractivity contribution in [1.29, 1.82) is 0 Å². The molecule has 0 saturated heterocycles. The highest BCUT2D eigenvalue weighted by atomic mass is 19.1. The summed E-state index contributed by atoms with van der Waals surface area (Å²) in [4.78, 5) is 36.4.